The van der Waals surface area contributed by atoms with E-state index in [0.717, 1.165) is 22.9 Å². The van der Waals surface area contributed by atoms with E-state index in [1.54, 1.807) is 12.4 Å². The molecule has 2 aromatic rings. The van der Waals surface area contributed by atoms with Crippen molar-refractivity contribution in [1.82, 2.24) is 14.9 Å². The van der Waals surface area contributed by atoms with Gasteiger partial charge in [-0.05, 0) is 28.4 Å². The Hall–Kier alpha value is -1.95. The second kappa shape index (κ2) is 7.75. The minimum absolute atomic E-state index is 0.0641. The van der Waals surface area contributed by atoms with Crippen molar-refractivity contribution in [1.29, 1.82) is 0 Å². The zero-order valence-electron chi connectivity index (χ0n) is 13.6. The van der Waals surface area contributed by atoms with Crippen LogP contribution >= 0.6 is 15.9 Å². The lowest BCUT2D eigenvalue weighted by atomic mass is 10.0. The van der Waals surface area contributed by atoms with E-state index >= 15 is 0 Å². The van der Waals surface area contributed by atoms with Gasteiger partial charge in [-0.25, -0.2) is 9.97 Å². The van der Waals surface area contributed by atoms with Crippen LogP contribution in [0.25, 0.3) is 0 Å². The third-order valence-corrected chi connectivity index (χ3v) is 4.51. The van der Waals surface area contributed by atoms with Crippen LogP contribution in [0.4, 0.5) is 0 Å². The van der Waals surface area contributed by atoms with E-state index in [9.17, 15) is 4.79 Å². The topological polar surface area (TPSA) is 55.3 Å². The molecule has 6 heteroatoms. The molecule has 1 fully saturated rings. The van der Waals surface area contributed by atoms with Crippen LogP contribution in [-0.4, -0.2) is 40.0 Å². The number of aromatic nitrogens is 2. The number of piperidine rings is 1. The number of carbonyl (C=O) groups excluding carboxylic acids is 1. The number of hydrogen-bond acceptors (Lipinski definition) is 4. The highest BCUT2D eigenvalue weighted by molar-refractivity contribution is 9.10. The monoisotopic (exact) mass is 389 g/mol. The maximum absolute atomic E-state index is 12.4. The Morgan fingerprint density at radius 3 is 2.67 bits per heavy atom. The summed E-state index contributed by atoms with van der Waals surface area (Å²) < 4.78 is 6.62. The predicted octanol–water partition coefficient (Wildman–Crippen LogP) is 3.16. The number of aryl methyl sites for hydroxylation is 1. The van der Waals surface area contributed by atoms with Crippen molar-refractivity contribution >= 4 is 21.8 Å². The summed E-state index contributed by atoms with van der Waals surface area (Å²) in [5.41, 5.74) is 2.25. The average Bonchev–Trinajstić information content (AvgIpc) is 2.57. The highest BCUT2D eigenvalue weighted by Gasteiger charge is 2.24. The van der Waals surface area contributed by atoms with Crippen LogP contribution in [0.1, 0.15) is 24.0 Å². The van der Waals surface area contributed by atoms with Gasteiger partial charge in [-0.15, -0.1) is 0 Å². The van der Waals surface area contributed by atoms with Gasteiger partial charge in [-0.1, -0.05) is 29.8 Å². The molecule has 126 valence electrons. The van der Waals surface area contributed by atoms with Crippen molar-refractivity contribution in [3.05, 3.63) is 52.3 Å². The van der Waals surface area contributed by atoms with Gasteiger partial charge in [0.05, 0.1) is 10.9 Å². The molecule has 1 saturated heterocycles. The number of hydrogen-bond donors (Lipinski definition) is 0. The number of likely N-dealkylation sites (tertiary alicyclic amines) is 1. The number of halogens is 1. The second-order valence-electron chi connectivity index (χ2n) is 6.05. The zero-order valence-corrected chi connectivity index (χ0v) is 15.2. The first-order valence-electron chi connectivity index (χ1n) is 8.07. The fraction of sp³-hybridized carbons (Fsp3) is 0.389. The van der Waals surface area contributed by atoms with Crippen molar-refractivity contribution in [3.8, 4) is 6.01 Å². The van der Waals surface area contributed by atoms with Gasteiger partial charge < -0.3 is 9.64 Å². The number of amides is 1. The molecule has 1 amide bonds. The minimum atomic E-state index is 0.0641. The highest BCUT2D eigenvalue weighted by Crippen LogP contribution is 2.18. The lowest BCUT2D eigenvalue weighted by Crippen LogP contribution is -2.42. The lowest BCUT2D eigenvalue weighted by Gasteiger charge is -2.31. The summed E-state index contributed by atoms with van der Waals surface area (Å²) in [6.45, 7) is 3.47. The summed E-state index contributed by atoms with van der Waals surface area (Å²) in [5, 5.41) is 0. The van der Waals surface area contributed by atoms with Gasteiger partial charge in [0, 0.05) is 38.3 Å². The van der Waals surface area contributed by atoms with Gasteiger partial charge in [0.25, 0.3) is 0 Å². The average molecular weight is 390 g/mol. The molecular weight excluding hydrogens is 370 g/mol. The molecule has 1 aromatic carbocycles. The largest absolute Gasteiger partial charge is 0.460 e. The molecule has 1 aliphatic heterocycles. The third-order valence-electron chi connectivity index (χ3n) is 4.10. The van der Waals surface area contributed by atoms with Crippen molar-refractivity contribution in [2.24, 2.45) is 0 Å². The van der Waals surface area contributed by atoms with Crippen LogP contribution in [0.5, 0.6) is 6.01 Å². The Bertz CT molecular complexity index is 698. The van der Waals surface area contributed by atoms with Crippen LogP contribution < -0.4 is 4.74 Å². The van der Waals surface area contributed by atoms with E-state index in [1.165, 1.54) is 5.56 Å². The normalized spacial score (nSPS) is 15.3. The van der Waals surface area contributed by atoms with E-state index in [-0.39, 0.29) is 12.0 Å². The van der Waals surface area contributed by atoms with Crippen molar-refractivity contribution in [2.75, 3.05) is 13.1 Å². The molecule has 0 radical (unpaired) electrons. The van der Waals surface area contributed by atoms with Crippen LogP contribution in [0.2, 0.25) is 0 Å². The van der Waals surface area contributed by atoms with E-state index < -0.39 is 0 Å². The first-order chi connectivity index (χ1) is 11.6. The molecule has 0 atom stereocenters. The van der Waals surface area contributed by atoms with Crippen LogP contribution in [0.3, 0.4) is 0 Å². The van der Waals surface area contributed by atoms with Gasteiger partial charge >= 0.3 is 6.01 Å². The summed E-state index contributed by atoms with van der Waals surface area (Å²) in [6.07, 6.45) is 5.47. The number of carbonyl (C=O) groups is 1. The van der Waals surface area contributed by atoms with Gasteiger partial charge in [-0.2, -0.15) is 0 Å². The third kappa shape index (κ3) is 4.54. The van der Waals surface area contributed by atoms with Crippen molar-refractivity contribution in [3.63, 3.8) is 0 Å². The van der Waals surface area contributed by atoms with Gasteiger partial charge in [0.1, 0.15) is 6.10 Å². The molecule has 0 unspecified atom stereocenters. The molecule has 24 heavy (non-hydrogen) atoms. The number of nitrogens with zero attached hydrogens (tertiary/aromatic N) is 3. The summed E-state index contributed by atoms with van der Waals surface area (Å²) in [5.74, 6) is 0.180. The maximum atomic E-state index is 12.4. The summed E-state index contributed by atoms with van der Waals surface area (Å²) in [6, 6.07) is 8.50. The van der Waals surface area contributed by atoms with Gasteiger partial charge in [0.15, 0.2) is 0 Å². The van der Waals surface area contributed by atoms with Crippen molar-refractivity contribution in [2.45, 2.75) is 32.3 Å². The van der Waals surface area contributed by atoms with E-state index in [2.05, 4.69) is 32.0 Å². The smallest absolute Gasteiger partial charge is 0.316 e. The first-order valence-corrected chi connectivity index (χ1v) is 8.87. The van der Waals surface area contributed by atoms with E-state index in [0.29, 0.717) is 25.5 Å². The predicted molar refractivity (Wildman–Crippen MR) is 94.8 cm³/mol. The first kappa shape index (κ1) is 16.9. The molecule has 5 nitrogen and oxygen atoms in total. The van der Waals surface area contributed by atoms with Crippen LogP contribution in [-0.2, 0) is 11.2 Å². The number of rotatable bonds is 4. The Kier molecular flexibility index (Phi) is 5.45. The Balaban J connectivity index is 1.49. The highest BCUT2D eigenvalue weighted by atomic mass is 79.9. The zero-order chi connectivity index (χ0) is 16.9. The van der Waals surface area contributed by atoms with Crippen LogP contribution in [0, 0.1) is 6.92 Å². The fourth-order valence-electron chi connectivity index (χ4n) is 2.84. The Morgan fingerprint density at radius 1 is 1.29 bits per heavy atom. The fourth-order valence-corrected chi connectivity index (χ4v) is 3.05. The Morgan fingerprint density at radius 2 is 2.00 bits per heavy atom. The number of ether oxygens (including phenoxy) is 1. The number of benzene rings is 1. The lowest BCUT2D eigenvalue weighted by molar-refractivity contribution is -0.132. The molecular formula is C18H20BrN3O2. The molecule has 0 aliphatic carbocycles. The molecule has 0 N–H and O–H groups in total. The molecule has 0 bridgehead atoms. The summed E-state index contributed by atoms with van der Waals surface area (Å²) in [7, 11) is 0. The summed E-state index contributed by atoms with van der Waals surface area (Å²) >= 11 is 3.30. The summed E-state index contributed by atoms with van der Waals surface area (Å²) in [4.78, 5) is 22.6. The van der Waals surface area contributed by atoms with Crippen LogP contribution in [0.15, 0.2) is 41.1 Å². The Labute approximate surface area is 150 Å². The maximum Gasteiger partial charge on any atom is 0.316 e. The van der Waals surface area contributed by atoms with E-state index in [1.807, 2.05) is 30.0 Å². The molecule has 3 rings (SSSR count). The molecule has 1 aromatic heterocycles. The van der Waals surface area contributed by atoms with E-state index in [4.69, 9.17) is 4.74 Å². The molecule has 0 spiro atoms. The SMILES string of the molecule is Cc1cccc(CC(=O)N2CCC(Oc3ncc(Br)cn3)CC2)c1. The van der Waals surface area contributed by atoms with Crippen molar-refractivity contribution < 1.29 is 9.53 Å². The van der Waals surface area contributed by atoms with Gasteiger partial charge in [-0.3, -0.25) is 4.79 Å². The minimum Gasteiger partial charge on any atom is -0.460 e. The molecule has 2 heterocycles. The quantitative estimate of drug-likeness (QED) is 0.805. The van der Waals surface area contributed by atoms with Gasteiger partial charge in [0.2, 0.25) is 5.91 Å². The molecule has 1 aliphatic rings. The second-order valence-corrected chi connectivity index (χ2v) is 6.96. The molecule has 0 saturated carbocycles. The standard InChI is InChI=1S/C18H20BrN3O2/c1-13-3-2-4-14(9-13)10-17(23)22-7-5-16(6-8-22)24-18-20-11-15(19)12-21-18/h2-4,9,11-12,16H,5-8,10H2,1H3.